The third kappa shape index (κ3) is 3.21. The highest BCUT2D eigenvalue weighted by Crippen LogP contribution is 2.38. The second kappa shape index (κ2) is 6.65. The minimum atomic E-state index is -1.30. The van der Waals surface area contributed by atoms with Gasteiger partial charge in [-0.2, -0.15) is 0 Å². The smallest absolute Gasteiger partial charge is 0.341 e. The molecule has 0 radical (unpaired) electrons. The highest BCUT2D eigenvalue weighted by Gasteiger charge is 2.28. The molecule has 1 unspecified atom stereocenters. The molecule has 1 saturated heterocycles. The Morgan fingerprint density at radius 2 is 2.08 bits per heavy atom. The van der Waals surface area contributed by atoms with E-state index >= 15 is 0 Å². The number of ether oxygens (including phenoxy) is 1. The summed E-state index contributed by atoms with van der Waals surface area (Å²) in [5.41, 5.74) is -0.472. The zero-order valence-corrected chi connectivity index (χ0v) is 14.1. The SMILES string of the molecule is Cl.O=C(O)c1cn(C2CC2)c2cc(OC3CCNC3)c(F)cc2c1=O. The van der Waals surface area contributed by atoms with E-state index < -0.39 is 17.2 Å². The first kappa shape index (κ1) is 17.7. The summed E-state index contributed by atoms with van der Waals surface area (Å²) in [6.07, 6.45) is 3.89. The molecule has 1 aromatic heterocycles. The lowest BCUT2D eigenvalue weighted by atomic mass is 10.1. The normalized spacial score (nSPS) is 19.6. The number of aromatic nitrogens is 1. The average molecular weight is 369 g/mol. The van der Waals surface area contributed by atoms with Gasteiger partial charge in [0.15, 0.2) is 11.6 Å². The van der Waals surface area contributed by atoms with Crippen molar-refractivity contribution in [1.82, 2.24) is 9.88 Å². The van der Waals surface area contributed by atoms with Crippen LogP contribution in [0.25, 0.3) is 10.9 Å². The Morgan fingerprint density at radius 3 is 2.68 bits per heavy atom. The van der Waals surface area contributed by atoms with Crippen molar-refractivity contribution in [2.24, 2.45) is 0 Å². The van der Waals surface area contributed by atoms with Crippen LogP contribution in [-0.2, 0) is 0 Å². The number of halogens is 2. The molecule has 2 N–H and O–H groups in total. The fraction of sp³-hybridized carbons (Fsp3) is 0.412. The zero-order chi connectivity index (χ0) is 16.8. The number of hydrogen-bond acceptors (Lipinski definition) is 4. The number of benzene rings is 1. The number of aromatic carboxylic acids is 1. The third-order valence-electron chi connectivity index (χ3n) is 4.57. The van der Waals surface area contributed by atoms with Gasteiger partial charge >= 0.3 is 5.97 Å². The molecule has 1 aliphatic heterocycles. The van der Waals surface area contributed by atoms with E-state index in [9.17, 15) is 19.1 Å². The number of fused-ring (bicyclic) bond motifs is 1. The summed E-state index contributed by atoms with van der Waals surface area (Å²) >= 11 is 0. The van der Waals surface area contributed by atoms with Crippen molar-refractivity contribution in [1.29, 1.82) is 0 Å². The van der Waals surface area contributed by atoms with Crippen LogP contribution in [0.1, 0.15) is 35.7 Å². The monoisotopic (exact) mass is 368 g/mol. The van der Waals surface area contributed by atoms with Crippen molar-refractivity contribution in [2.75, 3.05) is 13.1 Å². The number of rotatable bonds is 4. The number of hydrogen-bond donors (Lipinski definition) is 2. The van der Waals surface area contributed by atoms with Crippen molar-refractivity contribution >= 4 is 29.3 Å². The minimum absolute atomic E-state index is 0. The molecule has 2 aliphatic rings. The first-order valence-electron chi connectivity index (χ1n) is 8.03. The van der Waals surface area contributed by atoms with Gasteiger partial charge in [-0.05, 0) is 31.9 Å². The van der Waals surface area contributed by atoms with E-state index in [1.54, 1.807) is 4.57 Å². The summed E-state index contributed by atoms with van der Waals surface area (Å²) < 4.78 is 21.9. The molecule has 0 bridgehead atoms. The van der Waals surface area contributed by atoms with Gasteiger partial charge in [0.25, 0.3) is 0 Å². The minimum Gasteiger partial charge on any atom is -0.486 e. The van der Waals surface area contributed by atoms with E-state index in [-0.39, 0.29) is 41.3 Å². The molecule has 2 aromatic rings. The van der Waals surface area contributed by atoms with Crippen LogP contribution >= 0.6 is 12.4 Å². The van der Waals surface area contributed by atoms with E-state index in [2.05, 4.69) is 5.32 Å². The standard InChI is InChI=1S/C17H17FN2O4.ClH/c18-13-5-11-14(6-15(13)24-10-3-4-19-7-10)20(9-1-2-9)8-12(16(11)21)17(22)23;/h5-6,8-10,19H,1-4,7H2,(H,22,23);1H. The van der Waals surface area contributed by atoms with Gasteiger partial charge in [-0.1, -0.05) is 0 Å². The van der Waals surface area contributed by atoms with Crippen LogP contribution in [0.2, 0.25) is 0 Å². The lowest BCUT2D eigenvalue weighted by Gasteiger charge is -2.16. The van der Waals surface area contributed by atoms with Crippen molar-refractivity contribution < 1.29 is 19.0 Å². The maximum atomic E-state index is 14.4. The summed E-state index contributed by atoms with van der Waals surface area (Å²) in [4.78, 5) is 23.7. The average Bonchev–Trinajstić information content (AvgIpc) is 3.26. The Morgan fingerprint density at radius 1 is 1.32 bits per heavy atom. The summed E-state index contributed by atoms with van der Waals surface area (Å²) in [6.45, 7) is 1.49. The van der Waals surface area contributed by atoms with Crippen molar-refractivity contribution in [3.05, 3.63) is 39.9 Å². The zero-order valence-electron chi connectivity index (χ0n) is 13.3. The fourth-order valence-electron chi connectivity index (χ4n) is 3.16. The molecule has 134 valence electrons. The van der Waals surface area contributed by atoms with Gasteiger partial charge in [-0.3, -0.25) is 4.79 Å². The summed E-state index contributed by atoms with van der Waals surface area (Å²) in [7, 11) is 0. The molecule has 1 atom stereocenters. The lowest BCUT2D eigenvalue weighted by molar-refractivity contribution is 0.0695. The number of carboxylic acids is 1. The predicted molar refractivity (Wildman–Crippen MR) is 92.5 cm³/mol. The van der Waals surface area contributed by atoms with E-state index in [1.165, 1.54) is 12.3 Å². The van der Waals surface area contributed by atoms with Gasteiger partial charge in [0.05, 0.1) is 5.52 Å². The van der Waals surface area contributed by atoms with Gasteiger partial charge in [-0.15, -0.1) is 12.4 Å². The van der Waals surface area contributed by atoms with Crippen LogP contribution in [0.3, 0.4) is 0 Å². The van der Waals surface area contributed by atoms with Crippen LogP contribution < -0.4 is 15.5 Å². The summed E-state index contributed by atoms with van der Waals surface area (Å²) in [5, 5.41) is 12.5. The van der Waals surface area contributed by atoms with Gasteiger partial charge in [-0.25, -0.2) is 9.18 Å². The molecule has 4 rings (SSSR count). The number of nitrogens with one attached hydrogen (secondary N) is 1. The largest absolute Gasteiger partial charge is 0.486 e. The second-order valence-electron chi connectivity index (χ2n) is 6.35. The van der Waals surface area contributed by atoms with Gasteiger partial charge in [0.2, 0.25) is 5.43 Å². The predicted octanol–water partition coefficient (Wildman–Crippen LogP) is 2.34. The molecule has 2 heterocycles. The quantitative estimate of drug-likeness (QED) is 0.865. The van der Waals surface area contributed by atoms with Crippen molar-refractivity contribution in [3.8, 4) is 5.75 Å². The Labute approximate surface area is 149 Å². The highest BCUT2D eigenvalue weighted by molar-refractivity contribution is 5.93. The Hall–Kier alpha value is -2.12. The first-order chi connectivity index (χ1) is 11.5. The van der Waals surface area contributed by atoms with Crippen molar-refractivity contribution in [3.63, 3.8) is 0 Å². The molecule has 1 saturated carbocycles. The van der Waals surface area contributed by atoms with E-state index in [4.69, 9.17) is 4.74 Å². The first-order valence-corrected chi connectivity index (χ1v) is 8.03. The van der Waals surface area contributed by atoms with Gasteiger partial charge in [0, 0.05) is 30.2 Å². The van der Waals surface area contributed by atoms with Crippen LogP contribution in [0.4, 0.5) is 4.39 Å². The molecule has 0 amide bonds. The Bertz CT molecular complexity index is 888. The number of nitrogens with zero attached hydrogens (tertiary/aromatic N) is 1. The molecule has 6 nitrogen and oxygen atoms in total. The topological polar surface area (TPSA) is 80.6 Å². The number of carbonyl (C=O) groups is 1. The highest BCUT2D eigenvalue weighted by atomic mass is 35.5. The summed E-state index contributed by atoms with van der Waals surface area (Å²) in [6, 6.07) is 2.77. The molecule has 25 heavy (non-hydrogen) atoms. The fourth-order valence-corrected chi connectivity index (χ4v) is 3.16. The molecule has 0 spiro atoms. The van der Waals surface area contributed by atoms with Crippen LogP contribution in [0.5, 0.6) is 5.75 Å². The van der Waals surface area contributed by atoms with E-state index in [0.717, 1.165) is 31.9 Å². The lowest BCUT2D eigenvalue weighted by Crippen LogP contribution is -2.21. The van der Waals surface area contributed by atoms with Crippen molar-refractivity contribution in [2.45, 2.75) is 31.4 Å². The molecular weight excluding hydrogens is 351 g/mol. The molecule has 2 fully saturated rings. The number of carboxylic acid groups (broad SMARTS) is 1. The third-order valence-corrected chi connectivity index (χ3v) is 4.57. The van der Waals surface area contributed by atoms with Crippen LogP contribution in [-0.4, -0.2) is 34.8 Å². The van der Waals surface area contributed by atoms with E-state index in [1.807, 2.05) is 0 Å². The molecule has 1 aromatic carbocycles. The second-order valence-corrected chi connectivity index (χ2v) is 6.35. The molecular formula is C17H18ClFN2O4. The van der Waals surface area contributed by atoms with E-state index in [0.29, 0.717) is 12.1 Å². The molecule has 8 heteroatoms. The summed E-state index contributed by atoms with van der Waals surface area (Å²) in [5.74, 6) is -1.83. The maximum absolute atomic E-state index is 14.4. The Balaban J connectivity index is 0.00000182. The number of pyridine rings is 1. The van der Waals surface area contributed by atoms with Crippen LogP contribution in [0.15, 0.2) is 23.1 Å². The van der Waals surface area contributed by atoms with Gasteiger partial charge in [0.1, 0.15) is 11.7 Å². The Kier molecular flexibility index (Phi) is 4.71. The molecule has 1 aliphatic carbocycles. The maximum Gasteiger partial charge on any atom is 0.341 e. The van der Waals surface area contributed by atoms with Crippen LogP contribution in [0, 0.1) is 5.82 Å². The van der Waals surface area contributed by atoms with Gasteiger partial charge < -0.3 is 19.7 Å².